The maximum atomic E-state index is 14.8. The maximum Gasteiger partial charge on any atom is 0.298 e. The van der Waals surface area contributed by atoms with E-state index in [2.05, 4.69) is 10.3 Å². The zero-order chi connectivity index (χ0) is 16.7. The molecular weight excluding hydrogens is 316 g/mol. The Morgan fingerprint density at radius 2 is 2.12 bits per heavy atom. The van der Waals surface area contributed by atoms with Crippen molar-refractivity contribution in [3.8, 4) is 0 Å². The lowest BCUT2D eigenvalue weighted by Crippen LogP contribution is -2.48. The molecule has 2 aliphatic rings. The molecule has 2 aromatic rings. The van der Waals surface area contributed by atoms with Crippen molar-refractivity contribution < 1.29 is 18.0 Å². The van der Waals surface area contributed by atoms with Crippen molar-refractivity contribution in [2.24, 2.45) is 5.92 Å². The van der Waals surface area contributed by atoms with Crippen LogP contribution in [0, 0.1) is 11.7 Å². The number of amides is 1. The summed E-state index contributed by atoms with van der Waals surface area (Å²) in [6.07, 6.45) is 2.42. The number of benzene rings is 1. The van der Waals surface area contributed by atoms with Crippen molar-refractivity contribution in [1.82, 2.24) is 10.3 Å². The summed E-state index contributed by atoms with van der Waals surface area (Å²) in [6.45, 7) is 0.963. The normalized spacial score (nSPS) is 20.3. The standard InChI is InChI=1S/C17H19F2N3O2/c18-12-3-4-13-14(9-12)24-16(21-13)22-7-5-17(19,6-8-22)10-20-15(23)11-1-2-11/h3-4,9,11H,1-2,5-8,10H2,(H,20,23). The first-order valence-electron chi connectivity index (χ1n) is 8.30. The molecule has 0 bridgehead atoms. The van der Waals surface area contributed by atoms with E-state index < -0.39 is 5.67 Å². The molecule has 24 heavy (non-hydrogen) atoms. The number of anilines is 1. The quantitative estimate of drug-likeness (QED) is 0.933. The molecule has 2 heterocycles. The maximum absolute atomic E-state index is 14.8. The predicted molar refractivity (Wildman–Crippen MR) is 85.0 cm³/mol. The van der Waals surface area contributed by atoms with E-state index in [-0.39, 0.29) is 24.2 Å². The van der Waals surface area contributed by atoms with Crippen LogP contribution < -0.4 is 10.2 Å². The predicted octanol–water partition coefficient (Wildman–Crippen LogP) is 2.80. The Morgan fingerprint density at radius 3 is 2.83 bits per heavy atom. The fourth-order valence-electron chi connectivity index (χ4n) is 3.03. The number of carbonyl (C=O) groups excluding carboxylic acids is 1. The highest BCUT2D eigenvalue weighted by Crippen LogP contribution is 2.32. The third kappa shape index (κ3) is 3.07. The summed E-state index contributed by atoms with van der Waals surface area (Å²) in [5, 5.41) is 2.72. The van der Waals surface area contributed by atoms with E-state index in [0.29, 0.717) is 43.0 Å². The number of oxazole rings is 1. The molecule has 4 rings (SSSR count). The van der Waals surface area contributed by atoms with E-state index in [1.54, 1.807) is 6.07 Å². The summed E-state index contributed by atoms with van der Waals surface area (Å²) in [5.41, 5.74) is -0.418. The summed E-state index contributed by atoms with van der Waals surface area (Å²) in [6, 6.07) is 4.58. The Balaban J connectivity index is 1.38. The van der Waals surface area contributed by atoms with Crippen molar-refractivity contribution in [2.45, 2.75) is 31.4 Å². The number of halogens is 2. The number of carbonyl (C=O) groups is 1. The Labute approximate surface area is 138 Å². The highest BCUT2D eigenvalue weighted by Gasteiger charge is 2.38. The van der Waals surface area contributed by atoms with Gasteiger partial charge in [-0.2, -0.15) is 4.98 Å². The minimum atomic E-state index is -1.39. The monoisotopic (exact) mass is 335 g/mol. The van der Waals surface area contributed by atoms with Gasteiger partial charge in [0, 0.05) is 37.9 Å². The SMILES string of the molecule is O=C(NCC1(F)CCN(c2nc3ccc(F)cc3o2)CC1)C1CC1. The molecule has 2 fully saturated rings. The van der Waals surface area contributed by atoms with Crippen molar-refractivity contribution in [1.29, 1.82) is 0 Å². The Bertz CT molecular complexity index is 764. The number of hydrogen-bond donors (Lipinski definition) is 1. The molecule has 0 unspecified atom stereocenters. The summed E-state index contributed by atoms with van der Waals surface area (Å²) in [7, 11) is 0. The van der Waals surface area contributed by atoms with Gasteiger partial charge >= 0.3 is 0 Å². The van der Waals surface area contributed by atoms with Gasteiger partial charge in [0.1, 0.15) is 17.0 Å². The first-order chi connectivity index (χ1) is 11.5. The molecule has 1 aromatic heterocycles. The van der Waals surface area contributed by atoms with Crippen molar-refractivity contribution in [2.75, 3.05) is 24.5 Å². The van der Waals surface area contributed by atoms with Crippen LogP contribution >= 0.6 is 0 Å². The van der Waals surface area contributed by atoms with Gasteiger partial charge in [-0.3, -0.25) is 4.79 Å². The third-order valence-corrected chi connectivity index (χ3v) is 4.80. The minimum Gasteiger partial charge on any atom is -0.423 e. The molecule has 1 aliphatic heterocycles. The smallest absolute Gasteiger partial charge is 0.298 e. The summed E-state index contributed by atoms with van der Waals surface area (Å²) in [5.74, 6) is -0.317. The van der Waals surface area contributed by atoms with Crippen LogP contribution in [0.3, 0.4) is 0 Å². The lowest BCUT2D eigenvalue weighted by Gasteiger charge is -2.35. The molecule has 1 saturated carbocycles. The second-order valence-corrected chi connectivity index (χ2v) is 6.74. The number of rotatable bonds is 4. The van der Waals surface area contributed by atoms with Crippen LogP contribution in [-0.4, -0.2) is 36.2 Å². The molecule has 0 radical (unpaired) electrons. The number of aromatic nitrogens is 1. The van der Waals surface area contributed by atoms with Crippen LogP contribution in [-0.2, 0) is 4.79 Å². The molecule has 1 amide bonds. The molecule has 7 heteroatoms. The molecular formula is C17H19F2N3O2. The number of fused-ring (bicyclic) bond motifs is 1. The number of hydrogen-bond acceptors (Lipinski definition) is 4. The second-order valence-electron chi connectivity index (χ2n) is 6.74. The van der Waals surface area contributed by atoms with Crippen LogP contribution in [0.2, 0.25) is 0 Å². The number of alkyl halides is 1. The molecule has 5 nitrogen and oxygen atoms in total. The van der Waals surface area contributed by atoms with Gasteiger partial charge in [0.2, 0.25) is 5.91 Å². The van der Waals surface area contributed by atoms with Crippen molar-refractivity contribution in [3.63, 3.8) is 0 Å². The Morgan fingerprint density at radius 1 is 1.38 bits per heavy atom. The van der Waals surface area contributed by atoms with Gasteiger partial charge in [-0.1, -0.05) is 0 Å². The van der Waals surface area contributed by atoms with Gasteiger partial charge in [0.05, 0.1) is 6.54 Å². The number of nitrogens with one attached hydrogen (secondary N) is 1. The van der Waals surface area contributed by atoms with E-state index >= 15 is 0 Å². The molecule has 0 atom stereocenters. The summed E-state index contributed by atoms with van der Waals surface area (Å²) >= 11 is 0. The average molecular weight is 335 g/mol. The first-order valence-corrected chi connectivity index (χ1v) is 8.30. The molecule has 1 saturated heterocycles. The second kappa shape index (κ2) is 5.72. The largest absolute Gasteiger partial charge is 0.423 e. The zero-order valence-corrected chi connectivity index (χ0v) is 13.2. The first kappa shape index (κ1) is 15.4. The third-order valence-electron chi connectivity index (χ3n) is 4.80. The summed E-state index contributed by atoms with van der Waals surface area (Å²) in [4.78, 5) is 17.9. The molecule has 0 spiro atoms. The van der Waals surface area contributed by atoms with E-state index in [1.165, 1.54) is 12.1 Å². The highest BCUT2D eigenvalue weighted by atomic mass is 19.1. The Hall–Kier alpha value is -2.18. The fraction of sp³-hybridized carbons (Fsp3) is 0.529. The number of nitrogens with zero attached hydrogens (tertiary/aromatic N) is 2. The van der Waals surface area contributed by atoms with Crippen LogP contribution in [0.5, 0.6) is 0 Å². The van der Waals surface area contributed by atoms with E-state index in [4.69, 9.17) is 4.42 Å². The summed E-state index contributed by atoms with van der Waals surface area (Å²) < 4.78 is 33.6. The van der Waals surface area contributed by atoms with Crippen molar-refractivity contribution >= 4 is 23.0 Å². The van der Waals surface area contributed by atoms with Gasteiger partial charge in [-0.05, 0) is 25.0 Å². The molecule has 1 aromatic carbocycles. The van der Waals surface area contributed by atoms with Crippen LogP contribution in [0.4, 0.5) is 14.8 Å². The van der Waals surface area contributed by atoms with Gasteiger partial charge in [0.15, 0.2) is 5.58 Å². The van der Waals surface area contributed by atoms with Crippen LogP contribution in [0.15, 0.2) is 22.6 Å². The van der Waals surface area contributed by atoms with E-state index in [1.807, 2.05) is 4.90 Å². The van der Waals surface area contributed by atoms with E-state index in [9.17, 15) is 13.6 Å². The van der Waals surface area contributed by atoms with Crippen LogP contribution in [0.1, 0.15) is 25.7 Å². The Kier molecular flexibility index (Phi) is 3.66. The lowest BCUT2D eigenvalue weighted by atomic mass is 9.93. The number of piperidine rings is 1. The fourth-order valence-corrected chi connectivity index (χ4v) is 3.03. The van der Waals surface area contributed by atoms with Gasteiger partial charge in [0.25, 0.3) is 6.01 Å². The van der Waals surface area contributed by atoms with Gasteiger partial charge < -0.3 is 14.6 Å². The molecule has 128 valence electrons. The minimum absolute atomic E-state index is 0.0320. The zero-order valence-electron chi connectivity index (χ0n) is 13.2. The van der Waals surface area contributed by atoms with Crippen molar-refractivity contribution in [3.05, 3.63) is 24.0 Å². The lowest BCUT2D eigenvalue weighted by molar-refractivity contribution is -0.123. The van der Waals surface area contributed by atoms with Gasteiger partial charge in [-0.15, -0.1) is 0 Å². The molecule has 1 N–H and O–H groups in total. The van der Waals surface area contributed by atoms with Gasteiger partial charge in [-0.25, -0.2) is 8.78 Å². The van der Waals surface area contributed by atoms with Crippen LogP contribution in [0.25, 0.3) is 11.1 Å². The topological polar surface area (TPSA) is 58.4 Å². The highest BCUT2D eigenvalue weighted by molar-refractivity contribution is 5.80. The van der Waals surface area contributed by atoms with E-state index in [0.717, 1.165) is 12.8 Å². The average Bonchev–Trinajstić information content (AvgIpc) is 3.33. The molecule has 1 aliphatic carbocycles.